The zero-order valence-electron chi connectivity index (χ0n) is 23.6. The van der Waals surface area contributed by atoms with Crippen molar-refractivity contribution in [3.05, 3.63) is 80.6 Å². The Balaban J connectivity index is 1.59. The molecule has 3 aliphatic carbocycles. The number of hydrogen-bond donors (Lipinski definition) is 4. The van der Waals surface area contributed by atoms with Gasteiger partial charge in [0, 0.05) is 23.5 Å². The number of aromatic hydroxyl groups is 1. The summed E-state index contributed by atoms with van der Waals surface area (Å²) in [4.78, 5) is 50.1. The number of allylic oxidation sites excluding steroid dienone is 1. The quantitative estimate of drug-likeness (QED) is 0.296. The number of aliphatic hydroxyl groups excluding tert-OH is 2. The minimum atomic E-state index is -2.51. The van der Waals surface area contributed by atoms with Crippen LogP contribution in [0.15, 0.2) is 47.2 Å². The summed E-state index contributed by atoms with van der Waals surface area (Å²) in [5, 5.41) is 45.3. The van der Waals surface area contributed by atoms with Crippen molar-refractivity contribution in [2.75, 3.05) is 0 Å². The summed E-state index contributed by atoms with van der Waals surface area (Å²) in [6.07, 6.45) is 1.16. The molecular weight excluding hydrogens is 524 g/mol. The lowest BCUT2D eigenvalue weighted by molar-refractivity contribution is -0.147. The average molecular weight is 559 g/mol. The summed E-state index contributed by atoms with van der Waals surface area (Å²) in [5.41, 5.74) is 0.720. The normalized spacial score (nSPS) is 23.9. The van der Waals surface area contributed by atoms with Crippen LogP contribution in [0.2, 0.25) is 0 Å². The molecule has 0 radical (unpaired) electrons. The molecule has 8 heteroatoms. The van der Waals surface area contributed by atoms with Gasteiger partial charge in [0.15, 0.2) is 23.0 Å². The molecule has 0 unspecified atom stereocenters. The summed E-state index contributed by atoms with van der Waals surface area (Å²) in [6, 6.07) is 9.17. The first kappa shape index (κ1) is 28.5. The fourth-order valence-corrected chi connectivity index (χ4v) is 6.78. The molecule has 0 spiro atoms. The van der Waals surface area contributed by atoms with Gasteiger partial charge in [0.05, 0.1) is 5.56 Å². The molecule has 0 bridgehead atoms. The van der Waals surface area contributed by atoms with Crippen LogP contribution < -0.4 is 0 Å². The van der Waals surface area contributed by atoms with E-state index in [1.54, 1.807) is 12.1 Å². The number of benzene rings is 2. The van der Waals surface area contributed by atoms with Gasteiger partial charge in [-0.3, -0.25) is 19.2 Å². The zero-order chi connectivity index (χ0) is 30.0. The summed E-state index contributed by atoms with van der Waals surface area (Å²) >= 11 is 0. The van der Waals surface area contributed by atoms with Crippen LogP contribution in [-0.4, -0.2) is 49.2 Å². The predicted molar refractivity (Wildman–Crippen MR) is 151 cm³/mol. The molecule has 1 fully saturated rings. The van der Waals surface area contributed by atoms with E-state index in [1.807, 2.05) is 32.0 Å². The SMILES string of the molecule is CC(=O)C1=C(O)[C@@]2(O)C(=O)C3=C(O)c4c(O)c(CCc5ccc(C(C)=O)cc5)cc(C(C)C)c4C[C@H]3C[C@H]2CC1=O. The van der Waals surface area contributed by atoms with Gasteiger partial charge in [0.1, 0.15) is 22.8 Å². The number of aliphatic hydroxyl groups is 3. The molecule has 2 aromatic rings. The molecule has 5 rings (SSSR count). The van der Waals surface area contributed by atoms with Gasteiger partial charge < -0.3 is 20.4 Å². The minimum Gasteiger partial charge on any atom is -0.508 e. The summed E-state index contributed by atoms with van der Waals surface area (Å²) in [6.45, 7) is 6.60. The van der Waals surface area contributed by atoms with Crippen molar-refractivity contribution >= 4 is 28.9 Å². The van der Waals surface area contributed by atoms with Crippen molar-refractivity contribution in [1.29, 1.82) is 0 Å². The van der Waals surface area contributed by atoms with E-state index in [1.165, 1.54) is 6.92 Å². The Morgan fingerprint density at radius 1 is 0.976 bits per heavy atom. The first-order chi connectivity index (χ1) is 19.3. The molecule has 0 heterocycles. The van der Waals surface area contributed by atoms with Crippen LogP contribution >= 0.6 is 0 Å². The number of ketones is 4. The first-order valence-corrected chi connectivity index (χ1v) is 13.9. The molecule has 3 aliphatic rings. The number of carbonyl (C=O) groups is 4. The van der Waals surface area contributed by atoms with Gasteiger partial charge in [-0.2, -0.15) is 0 Å². The first-order valence-electron chi connectivity index (χ1n) is 13.9. The second-order valence-electron chi connectivity index (χ2n) is 11.8. The number of hydrogen-bond acceptors (Lipinski definition) is 8. The highest BCUT2D eigenvalue weighted by Gasteiger charge is 2.60. The fraction of sp³-hybridized carbons (Fsp3) is 0.394. The van der Waals surface area contributed by atoms with Gasteiger partial charge in [-0.25, -0.2) is 0 Å². The van der Waals surface area contributed by atoms with Crippen molar-refractivity contribution < 1.29 is 39.6 Å². The van der Waals surface area contributed by atoms with Crippen LogP contribution in [-0.2, 0) is 33.6 Å². The van der Waals surface area contributed by atoms with Crippen LogP contribution in [0, 0.1) is 11.8 Å². The topological polar surface area (TPSA) is 149 Å². The van der Waals surface area contributed by atoms with Crippen LogP contribution in [0.3, 0.4) is 0 Å². The number of phenolic OH excluding ortho intramolecular Hbond substituents is 1. The maximum absolute atomic E-state index is 13.8. The maximum Gasteiger partial charge on any atom is 0.202 e. The number of carbonyl (C=O) groups excluding carboxylic acids is 4. The number of rotatable bonds is 6. The molecule has 8 nitrogen and oxygen atoms in total. The van der Waals surface area contributed by atoms with Crippen molar-refractivity contribution in [2.45, 2.75) is 71.3 Å². The van der Waals surface area contributed by atoms with E-state index in [0.29, 0.717) is 36.0 Å². The standard InChI is InChI=1S/C33H34O8/c1-15(2)23-12-20(10-7-18-5-8-19(9-6-18)16(3)34)29(37)28-24(23)13-21-11-22-14-25(36)26(17(4)35)31(39)33(22,41)32(40)27(21)30(28)38/h5-6,8-9,12,15,21-22,37-39,41H,7,10-11,13-14H2,1-4H3/t21-,22+,33-/m1/s1. The van der Waals surface area contributed by atoms with Crippen LogP contribution in [0.1, 0.15) is 84.6 Å². The monoisotopic (exact) mass is 558 g/mol. The molecule has 214 valence electrons. The van der Waals surface area contributed by atoms with Crippen molar-refractivity contribution in [3.63, 3.8) is 0 Å². The van der Waals surface area contributed by atoms with E-state index in [4.69, 9.17) is 0 Å². The van der Waals surface area contributed by atoms with E-state index in [2.05, 4.69) is 0 Å². The number of Topliss-reactive ketones (excluding diaryl/α,β-unsaturated/α-hetero) is 4. The third-order valence-electron chi connectivity index (χ3n) is 8.95. The molecule has 0 aromatic heterocycles. The van der Waals surface area contributed by atoms with E-state index in [-0.39, 0.29) is 41.4 Å². The molecule has 3 atom stereocenters. The molecule has 41 heavy (non-hydrogen) atoms. The lowest BCUT2D eigenvalue weighted by Gasteiger charge is -2.46. The molecule has 0 amide bonds. The third-order valence-corrected chi connectivity index (χ3v) is 8.95. The molecular formula is C33H34O8. The lowest BCUT2D eigenvalue weighted by Crippen LogP contribution is -2.57. The second-order valence-corrected chi connectivity index (χ2v) is 11.8. The van der Waals surface area contributed by atoms with Gasteiger partial charge in [0.25, 0.3) is 0 Å². The molecule has 0 saturated heterocycles. The van der Waals surface area contributed by atoms with E-state index in [0.717, 1.165) is 18.1 Å². The third kappa shape index (κ3) is 4.41. The maximum atomic E-state index is 13.8. The Morgan fingerprint density at radius 2 is 1.63 bits per heavy atom. The summed E-state index contributed by atoms with van der Waals surface area (Å²) in [7, 11) is 0. The number of aryl methyl sites for hydroxylation is 2. The Labute approximate surface area is 238 Å². The lowest BCUT2D eigenvalue weighted by atomic mass is 9.58. The highest BCUT2D eigenvalue weighted by Crippen LogP contribution is 2.53. The molecule has 4 N–H and O–H groups in total. The van der Waals surface area contributed by atoms with Gasteiger partial charge in [-0.1, -0.05) is 44.2 Å². The van der Waals surface area contributed by atoms with Crippen molar-refractivity contribution in [1.82, 2.24) is 0 Å². The van der Waals surface area contributed by atoms with E-state index >= 15 is 0 Å². The average Bonchev–Trinajstić information content (AvgIpc) is 2.90. The van der Waals surface area contributed by atoms with Crippen molar-refractivity contribution in [3.8, 4) is 5.75 Å². The zero-order valence-corrected chi connectivity index (χ0v) is 23.6. The largest absolute Gasteiger partial charge is 0.508 e. The molecule has 2 aromatic carbocycles. The fourth-order valence-electron chi connectivity index (χ4n) is 6.78. The highest BCUT2D eigenvalue weighted by molar-refractivity contribution is 6.23. The Hall–Kier alpha value is -4.04. The van der Waals surface area contributed by atoms with Gasteiger partial charge in [-0.05, 0) is 73.6 Å². The molecule has 0 aliphatic heterocycles. The van der Waals surface area contributed by atoms with Gasteiger partial charge in [0.2, 0.25) is 5.78 Å². The summed E-state index contributed by atoms with van der Waals surface area (Å²) in [5.74, 6) is -5.36. The van der Waals surface area contributed by atoms with Crippen LogP contribution in [0.25, 0.3) is 5.76 Å². The Morgan fingerprint density at radius 3 is 2.22 bits per heavy atom. The van der Waals surface area contributed by atoms with E-state index in [9.17, 15) is 39.6 Å². The second kappa shape index (κ2) is 10.1. The number of phenols is 1. The highest BCUT2D eigenvalue weighted by atomic mass is 16.3. The Kier molecular flexibility index (Phi) is 7.02. The molecule has 1 saturated carbocycles. The van der Waals surface area contributed by atoms with Crippen LogP contribution in [0.4, 0.5) is 0 Å². The summed E-state index contributed by atoms with van der Waals surface area (Å²) < 4.78 is 0. The Bertz CT molecular complexity index is 1570. The van der Waals surface area contributed by atoms with Crippen molar-refractivity contribution in [2.24, 2.45) is 11.8 Å². The smallest absolute Gasteiger partial charge is 0.202 e. The minimum absolute atomic E-state index is 0.0262. The van der Waals surface area contributed by atoms with Crippen LogP contribution in [0.5, 0.6) is 5.75 Å². The van der Waals surface area contributed by atoms with Gasteiger partial charge >= 0.3 is 0 Å². The predicted octanol–water partition coefficient (Wildman–Crippen LogP) is 4.64. The van der Waals surface area contributed by atoms with Gasteiger partial charge in [-0.15, -0.1) is 0 Å². The number of fused-ring (bicyclic) bond motifs is 3. The van der Waals surface area contributed by atoms with E-state index < -0.39 is 51.9 Å².